The summed E-state index contributed by atoms with van der Waals surface area (Å²) in [6, 6.07) is 9.81. The van der Waals surface area contributed by atoms with E-state index in [1.54, 1.807) is 4.90 Å². The highest BCUT2D eigenvalue weighted by Gasteiger charge is 2.32. The van der Waals surface area contributed by atoms with Crippen molar-refractivity contribution < 1.29 is 9.53 Å². The standard InChI is InChI=1S/C14H15N3O2/c15-8-11-9-17(5-6-19-11)14(18)13-7-10-3-1-2-4-12(10)16-13/h1-4,11,13,16H,5-7,9H2. The van der Waals surface area contributed by atoms with Gasteiger partial charge in [0.1, 0.15) is 6.04 Å². The van der Waals surface area contributed by atoms with E-state index >= 15 is 0 Å². The maximum Gasteiger partial charge on any atom is 0.245 e. The summed E-state index contributed by atoms with van der Waals surface area (Å²) in [5.41, 5.74) is 2.21. The third kappa shape index (κ3) is 2.27. The number of para-hydroxylation sites is 1. The van der Waals surface area contributed by atoms with Crippen LogP contribution in [0.5, 0.6) is 0 Å². The van der Waals surface area contributed by atoms with Crippen LogP contribution in [0.15, 0.2) is 24.3 Å². The van der Waals surface area contributed by atoms with Crippen molar-refractivity contribution in [2.75, 3.05) is 25.0 Å². The highest BCUT2D eigenvalue weighted by atomic mass is 16.5. The number of hydrogen-bond donors (Lipinski definition) is 1. The predicted octanol–water partition coefficient (Wildman–Crippen LogP) is 0.774. The molecule has 0 saturated carbocycles. The summed E-state index contributed by atoms with van der Waals surface area (Å²) in [6.45, 7) is 1.36. The van der Waals surface area contributed by atoms with Gasteiger partial charge in [0.2, 0.25) is 5.91 Å². The Kier molecular flexibility index (Phi) is 3.10. The lowest BCUT2D eigenvalue weighted by Gasteiger charge is -2.31. The number of morpholine rings is 1. The van der Waals surface area contributed by atoms with Gasteiger partial charge in [-0.25, -0.2) is 0 Å². The van der Waals surface area contributed by atoms with E-state index in [9.17, 15) is 4.79 Å². The number of benzene rings is 1. The van der Waals surface area contributed by atoms with Crippen molar-refractivity contribution in [1.29, 1.82) is 5.26 Å². The van der Waals surface area contributed by atoms with Crippen molar-refractivity contribution in [3.8, 4) is 6.07 Å². The van der Waals surface area contributed by atoms with Crippen LogP contribution in [0.3, 0.4) is 0 Å². The van der Waals surface area contributed by atoms with Gasteiger partial charge in [0.25, 0.3) is 0 Å². The number of nitrogens with zero attached hydrogens (tertiary/aromatic N) is 2. The number of ether oxygens (including phenoxy) is 1. The summed E-state index contributed by atoms with van der Waals surface area (Å²) < 4.78 is 5.26. The van der Waals surface area contributed by atoms with Gasteiger partial charge in [-0.1, -0.05) is 18.2 Å². The molecule has 1 aromatic carbocycles. The third-order valence-electron chi connectivity index (χ3n) is 3.59. The monoisotopic (exact) mass is 257 g/mol. The SMILES string of the molecule is N#CC1CN(C(=O)C2Cc3ccccc3N2)CCO1. The molecule has 1 saturated heterocycles. The van der Waals surface area contributed by atoms with E-state index in [0.717, 1.165) is 5.69 Å². The molecule has 0 bridgehead atoms. The van der Waals surface area contributed by atoms with Crippen LogP contribution in [0.4, 0.5) is 5.69 Å². The lowest BCUT2D eigenvalue weighted by molar-refractivity contribution is -0.137. The van der Waals surface area contributed by atoms with Crippen LogP contribution in [-0.4, -0.2) is 42.6 Å². The summed E-state index contributed by atoms with van der Waals surface area (Å²) in [5.74, 6) is 0.0553. The number of hydrogen-bond acceptors (Lipinski definition) is 4. The first-order valence-electron chi connectivity index (χ1n) is 6.42. The van der Waals surface area contributed by atoms with E-state index < -0.39 is 6.10 Å². The molecule has 98 valence electrons. The van der Waals surface area contributed by atoms with Gasteiger partial charge in [-0.2, -0.15) is 5.26 Å². The fourth-order valence-electron chi connectivity index (χ4n) is 2.59. The molecule has 0 aliphatic carbocycles. The van der Waals surface area contributed by atoms with E-state index in [2.05, 4.69) is 11.4 Å². The van der Waals surface area contributed by atoms with Crippen LogP contribution in [-0.2, 0) is 16.0 Å². The first-order chi connectivity index (χ1) is 9.28. The van der Waals surface area contributed by atoms with Gasteiger partial charge in [-0.05, 0) is 11.6 Å². The van der Waals surface area contributed by atoms with Gasteiger partial charge in [0, 0.05) is 18.7 Å². The van der Waals surface area contributed by atoms with Crippen molar-refractivity contribution in [2.45, 2.75) is 18.6 Å². The normalized spacial score (nSPS) is 25.3. The van der Waals surface area contributed by atoms with Gasteiger partial charge >= 0.3 is 0 Å². The number of fused-ring (bicyclic) bond motifs is 1. The first kappa shape index (κ1) is 12.0. The zero-order valence-electron chi connectivity index (χ0n) is 10.5. The Morgan fingerprint density at radius 2 is 2.32 bits per heavy atom. The lowest BCUT2D eigenvalue weighted by Crippen LogP contribution is -2.50. The third-order valence-corrected chi connectivity index (χ3v) is 3.59. The van der Waals surface area contributed by atoms with Crippen LogP contribution >= 0.6 is 0 Å². The predicted molar refractivity (Wildman–Crippen MR) is 69.5 cm³/mol. The van der Waals surface area contributed by atoms with E-state index in [-0.39, 0.29) is 11.9 Å². The van der Waals surface area contributed by atoms with Crippen molar-refractivity contribution in [2.24, 2.45) is 0 Å². The molecule has 1 aromatic rings. The maximum atomic E-state index is 12.4. The van der Waals surface area contributed by atoms with Gasteiger partial charge in [0.15, 0.2) is 6.10 Å². The van der Waals surface area contributed by atoms with E-state index in [1.807, 2.05) is 24.3 Å². The molecule has 3 rings (SSSR count). The molecule has 2 heterocycles. The highest BCUT2D eigenvalue weighted by molar-refractivity contribution is 5.87. The summed E-state index contributed by atoms with van der Waals surface area (Å²) in [5, 5.41) is 12.1. The Bertz CT molecular complexity index is 513. The molecule has 5 heteroatoms. The smallest absolute Gasteiger partial charge is 0.245 e. The van der Waals surface area contributed by atoms with Gasteiger partial charge in [-0.3, -0.25) is 4.79 Å². The van der Waals surface area contributed by atoms with Crippen molar-refractivity contribution >= 4 is 11.6 Å². The quantitative estimate of drug-likeness (QED) is 0.807. The van der Waals surface area contributed by atoms with Crippen molar-refractivity contribution in [1.82, 2.24) is 4.90 Å². The lowest BCUT2D eigenvalue weighted by atomic mass is 10.1. The highest BCUT2D eigenvalue weighted by Crippen LogP contribution is 2.26. The average Bonchev–Trinajstić information content (AvgIpc) is 2.90. The summed E-state index contributed by atoms with van der Waals surface area (Å²) in [7, 11) is 0. The number of amides is 1. The Balaban J connectivity index is 1.68. The number of rotatable bonds is 1. The number of nitriles is 1. The van der Waals surface area contributed by atoms with Crippen LogP contribution in [0.1, 0.15) is 5.56 Å². The molecule has 19 heavy (non-hydrogen) atoms. The van der Waals surface area contributed by atoms with Crippen molar-refractivity contribution in [3.63, 3.8) is 0 Å². The molecule has 0 radical (unpaired) electrons. The Morgan fingerprint density at radius 1 is 1.47 bits per heavy atom. The minimum absolute atomic E-state index is 0.0553. The second-order valence-electron chi connectivity index (χ2n) is 4.83. The minimum atomic E-state index is -0.499. The first-order valence-corrected chi connectivity index (χ1v) is 6.42. The molecule has 1 fully saturated rings. The Hall–Kier alpha value is -2.06. The van der Waals surface area contributed by atoms with Crippen LogP contribution in [0, 0.1) is 11.3 Å². The molecule has 0 aromatic heterocycles. The molecule has 1 N–H and O–H groups in total. The number of anilines is 1. The molecular weight excluding hydrogens is 242 g/mol. The number of nitrogens with one attached hydrogen (secondary N) is 1. The molecule has 2 unspecified atom stereocenters. The average molecular weight is 257 g/mol. The summed E-state index contributed by atoms with van der Waals surface area (Å²) >= 11 is 0. The van der Waals surface area contributed by atoms with Crippen LogP contribution in [0.25, 0.3) is 0 Å². The summed E-state index contributed by atoms with van der Waals surface area (Å²) in [4.78, 5) is 14.2. The fourth-order valence-corrected chi connectivity index (χ4v) is 2.59. The molecule has 2 aliphatic heterocycles. The molecule has 2 atom stereocenters. The fraction of sp³-hybridized carbons (Fsp3) is 0.429. The van der Waals surface area contributed by atoms with E-state index in [1.165, 1.54) is 5.56 Å². The van der Waals surface area contributed by atoms with Gasteiger partial charge in [0.05, 0.1) is 19.2 Å². The largest absolute Gasteiger partial charge is 0.373 e. The van der Waals surface area contributed by atoms with Crippen LogP contribution in [0.2, 0.25) is 0 Å². The summed E-state index contributed by atoms with van der Waals surface area (Å²) in [6.07, 6.45) is 0.213. The molecular formula is C14H15N3O2. The second kappa shape index (κ2) is 4.90. The maximum absolute atomic E-state index is 12.4. The van der Waals surface area contributed by atoms with E-state index in [0.29, 0.717) is 26.1 Å². The number of carbonyl (C=O) groups is 1. The Morgan fingerprint density at radius 3 is 3.11 bits per heavy atom. The molecule has 1 amide bonds. The molecule has 2 aliphatic rings. The van der Waals surface area contributed by atoms with Crippen molar-refractivity contribution in [3.05, 3.63) is 29.8 Å². The molecule has 0 spiro atoms. The van der Waals surface area contributed by atoms with E-state index in [4.69, 9.17) is 10.00 Å². The zero-order valence-corrected chi connectivity index (χ0v) is 10.5. The second-order valence-corrected chi connectivity index (χ2v) is 4.83. The molecule has 5 nitrogen and oxygen atoms in total. The minimum Gasteiger partial charge on any atom is -0.373 e. The number of carbonyl (C=O) groups excluding carboxylic acids is 1. The topological polar surface area (TPSA) is 65.4 Å². The van der Waals surface area contributed by atoms with Gasteiger partial charge in [-0.15, -0.1) is 0 Å². The zero-order chi connectivity index (χ0) is 13.2. The Labute approximate surface area is 111 Å². The van der Waals surface area contributed by atoms with Crippen LogP contribution < -0.4 is 5.32 Å². The van der Waals surface area contributed by atoms with Gasteiger partial charge < -0.3 is 15.0 Å².